The van der Waals surface area contributed by atoms with E-state index in [9.17, 15) is 0 Å². The molecule has 7 aromatic rings. The maximum atomic E-state index is 6.32. The van der Waals surface area contributed by atoms with Crippen molar-refractivity contribution in [1.29, 1.82) is 0 Å². The summed E-state index contributed by atoms with van der Waals surface area (Å²) in [5, 5.41) is 4.58. The molecule has 0 aliphatic rings. The minimum atomic E-state index is 0.917. The molecule has 2 aromatic heterocycles. The maximum absolute atomic E-state index is 6.32. The van der Waals surface area contributed by atoms with E-state index in [4.69, 9.17) is 8.83 Å². The molecule has 7 rings (SSSR count). The molecule has 0 atom stereocenters. The zero-order valence-electron chi connectivity index (χ0n) is 18.1. The highest BCUT2D eigenvalue weighted by Gasteiger charge is 2.15. The molecule has 33 heavy (non-hydrogen) atoms. The van der Waals surface area contributed by atoms with Gasteiger partial charge in [-0.3, -0.25) is 0 Å². The van der Waals surface area contributed by atoms with Gasteiger partial charge in [0.2, 0.25) is 0 Å². The predicted molar refractivity (Wildman–Crippen MR) is 137 cm³/mol. The first-order valence-corrected chi connectivity index (χ1v) is 11.2. The van der Waals surface area contributed by atoms with Crippen LogP contribution in [0.5, 0.6) is 0 Å². The van der Waals surface area contributed by atoms with E-state index in [2.05, 4.69) is 85.8 Å². The molecule has 0 fully saturated rings. The second kappa shape index (κ2) is 6.85. The Kier molecular flexibility index (Phi) is 3.80. The molecule has 0 radical (unpaired) electrons. The first kappa shape index (κ1) is 18.3. The summed E-state index contributed by atoms with van der Waals surface area (Å²) in [5.41, 5.74) is 9.37. The normalized spacial score (nSPS) is 11.8. The smallest absolute Gasteiger partial charge is 0.143 e. The summed E-state index contributed by atoms with van der Waals surface area (Å²) in [6, 6.07) is 35.9. The van der Waals surface area contributed by atoms with Gasteiger partial charge in [-0.15, -0.1) is 0 Å². The van der Waals surface area contributed by atoms with E-state index in [-0.39, 0.29) is 0 Å². The van der Waals surface area contributed by atoms with Crippen LogP contribution in [0.25, 0.3) is 66.1 Å². The second-order valence-electron chi connectivity index (χ2n) is 8.65. The van der Waals surface area contributed by atoms with Crippen LogP contribution < -0.4 is 0 Å². The topological polar surface area (TPSA) is 26.3 Å². The number of fused-ring (bicyclic) bond motifs is 6. The van der Waals surface area contributed by atoms with Crippen molar-refractivity contribution in [2.45, 2.75) is 6.92 Å². The molecule has 0 saturated carbocycles. The summed E-state index contributed by atoms with van der Waals surface area (Å²) >= 11 is 0. The van der Waals surface area contributed by atoms with E-state index in [0.717, 1.165) is 66.1 Å². The third-order valence-electron chi connectivity index (χ3n) is 6.51. The van der Waals surface area contributed by atoms with Crippen molar-refractivity contribution < 1.29 is 8.83 Å². The summed E-state index contributed by atoms with van der Waals surface area (Å²) in [6.07, 6.45) is 0. The Morgan fingerprint density at radius 1 is 0.455 bits per heavy atom. The lowest BCUT2D eigenvalue weighted by Gasteiger charge is -2.09. The van der Waals surface area contributed by atoms with E-state index in [0.29, 0.717) is 0 Å². The lowest BCUT2D eigenvalue weighted by molar-refractivity contribution is 0.670. The first-order chi connectivity index (χ1) is 16.3. The lowest BCUT2D eigenvalue weighted by Crippen LogP contribution is -1.86. The van der Waals surface area contributed by atoms with Gasteiger partial charge in [0.25, 0.3) is 0 Å². The molecular formula is C31H20O2. The molecular weight excluding hydrogens is 404 g/mol. The van der Waals surface area contributed by atoms with Gasteiger partial charge < -0.3 is 8.83 Å². The zero-order chi connectivity index (χ0) is 21.9. The fourth-order valence-electron chi connectivity index (χ4n) is 5.04. The fraction of sp³-hybridized carbons (Fsp3) is 0.0323. The molecule has 2 nitrogen and oxygen atoms in total. The van der Waals surface area contributed by atoms with Gasteiger partial charge in [0.1, 0.15) is 22.3 Å². The molecule has 156 valence electrons. The van der Waals surface area contributed by atoms with Crippen LogP contribution in [-0.4, -0.2) is 0 Å². The summed E-state index contributed by atoms with van der Waals surface area (Å²) in [7, 11) is 0. The molecule has 0 aliphatic heterocycles. The highest BCUT2D eigenvalue weighted by molar-refractivity contribution is 6.11. The Balaban J connectivity index is 1.48. The van der Waals surface area contributed by atoms with Gasteiger partial charge in [-0.1, -0.05) is 84.9 Å². The van der Waals surface area contributed by atoms with Crippen LogP contribution in [0.15, 0.2) is 112 Å². The van der Waals surface area contributed by atoms with Crippen molar-refractivity contribution in [1.82, 2.24) is 0 Å². The zero-order valence-corrected chi connectivity index (χ0v) is 18.1. The Labute approximate surface area is 190 Å². The summed E-state index contributed by atoms with van der Waals surface area (Å²) in [6.45, 7) is 2.14. The number of rotatable bonds is 2. The van der Waals surface area contributed by atoms with Crippen LogP contribution in [0.2, 0.25) is 0 Å². The van der Waals surface area contributed by atoms with Crippen LogP contribution in [0.4, 0.5) is 0 Å². The molecule has 0 aliphatic carbocycles. The fourth-order valence-corrected chi connectivity index (χ4v) is 5.04. The summed E-state index contributed by atoms with van der Waals surface area (Å²) in [4.78, 5) is 0. The Bertz CT molecular complexity index is 1700. The van der Waals surface area contributed by atoms with Crippen molar-refractivity contribution in [3.05, 3.63) is 109 Å². The van der Waals surface area contributed by atoms with Gasteiger partial charge in [0.05, 0.1) is 0 Å². The monoisotopic (exact) mass is 424 g/mol. The first-order valence-electron chi connectivity index (χ1n) is 11.2. The van der Waals surface area contributed by atoms with E-state index in [1.165, 1.54) is 5.56 Å². The van der Waals surface area contributed by atoms with Gasteiger partial charge in [0.15, 0.2) is 0 Å². The van der Waals surface area contributed by atoms with Crippen LogP contribution >= 0.6 is 0 Å². The molecule has 5 aromatic carbocycles. The molecule has 0 amide bonds. The minimum absolute atomic E-state index is 0.917. The van der Waals surface area contributed by atoms with Crippen molar-refractivity contribution in [2.24, 2.45) is 0 Å². The Morgan fingerprint density at radius 3 is 1.42 bits per heavy atom. The van der Waals surface area contributed by atoms with Crippen LogP contribution in [-0.2, 0) is 0 Å². The second-order valence-corrected chi connectivity index (χ2v) is 8.65. The Hall–Kier alpha value is -4.30. The summed E-state index contributed by atoms with van der Waals surface area (Å²) in [5.74, 6) is 0. The third-order valence-corrected chi connectivity index (χ3v) is 6.51. The van der Waals surface area contributed by atoms with E-state index < -0.39 is 0 Å². The molecule has 2 heteroatoms. The molecule has 0 bridgehead atoms. The highest BCUT2D eigenvalue weighted by Crippen LogP contribution is 2.40. The van der Waals surface area contributed by atoms with Crippen molar-refractivity contribution in [3.8, 4) is 22.3 Å². The average Bonchev–Trinajstić information content (AvgIpc) is 3.42. The van der Waals surface area contributed by atoms with E-state index >= 15 is 0 Å². The van der Waals surface area contributed by atoms with Gasteiger partial charge >= 0.3 is 0 Å². The largest absolute Gasteiger partial charge is 0.455 e. The summed E-state index contributed by atoms with van der Waals surface area (Å²) < 4.78 is 12.6. The number of para-hydroxylation sites is 4. The molecule has 0 saturated heterocycles. The van der Waals surface area contributed by atoms with Gasteiger partial charge in [-0.25, -0.2) is 0 Å². The molecule has 0 spiro atoms. The Morgan fingerprint density at radius 2 is 0.909 bits per heavy atom. The third kappa shape index (κ3) is 2.74. The lowest BCUT2D eigenvalue weighted by atomic mass is 9.94. The molecule has 0 N–H and O–H groups in total. The quantitative estimate of drug-likeness (QED) is 0.276. The van der Waals surface area contributed by atoms with Crippen LogP contribution in [0.3, 0.4) is 0 Å². The standard InChI is InChI=1S/C31H20O2/c1-19-16-20(22-10-6-12-26-24-8-2-4-14-28(24)32-30(22)26)18-21(17-19)23-11-7-13-27-25-9-3-5-15-29(25)33-31(23)27/h2-18H,1H3. The predicted octanol–water partition coefficient (Wildman–Crippen LogP) is 9.13. The van der Waals surface area contributed by atoms with Crippen LogP contribution in [0.1, 0.15) is 5.56 Å². The number of aryl methyl sites for hydroxylation is 1. The van der Waals surface area contributed by atoms with Gasteiger partial charge in [-0.05, 0) is 41.8 Å². The minimum Gasteiger partial charge on any atom is -0.455 e. The number of benzene rings is 5. The number of hydrogen-bond donors (Lipinski definition) is 0. The van der Waals surface area contributed by atoms with E-state index in [1.54, 1.807) is 0 Å². The van der Waals surface area contributed by atoms with E-state index in [1.807, 2.05) is 24.3 Å². The molecule has 2 heterocycles. The molecule has 0 unspecified atom stereocenters. The number of furan rings is 2. The average molecular weight is 424 g/mol. The van der Waals surface area contributed by atoms with Crippen molar-refractivity contribution >= 4 is 43.9 Å². The van der Waals surface area contributed by atoms with Gasteiger partial charge in [-0.2, -0.15) is 0 Å². The maximum Gasteiger partial charge on any atom is 0.143 e. The number of hydrogen-bond acceptors (Lipinski definition) is 2. The van der Waals surface area contributed by atoms with Crippen molar-refractivity contribution in [3.63, 3.8) is 0 Å². The SMILES string of the molecule is Cc1cc(-c2cccc3c2oc2ccccc23)cc(-c2cccc3c2oc2ccccc23)c1. The highest BCUT2D eigenvalue weighted by atomic mass is 16.3. The van der Waals surface area contributed by atoms with Crippen LogP contribution in [0, 0.1) is 6.92 Å². The van der Waals surface area contributed by atoms with Crippen molar-refractivity contribution in [2.75, 3.05) is 0 Å². The van der Waals surface area contributed by atoms with Gasteiger partial charge in [0, 0.05) is 32.7 Å².